The van der Waals surface area contributed by atoms with Crippen LogP contribution < -0.4 is 15.0 Å². The minimum Gasteiger partial charge on any atom is -0.495 e. The molecule has 144 valence electrons. The summed E-state index contributed by atoms with van der Waals surface area (Å²) in [6.45, 7) is 2.96. The molecule has 1 amide bonds. The number of para-hydroxylation sites is 2. The Morgan fingerprint density at radius 2 is 1.96 bits per heavy atom. The molecule has 0 spiro atoms. The summed E-state index contributed by atoms with van der Waals surface area (Å²) in [4.78, 5) is 20.3. The van der Waals surface area contributed by atoms with E-state index in [0.717, 1.165) is 29.3 Å². The van der Waals surface area contributed by atoms with Gasteiger partial charge in [-0.05, 0) is 30.3 Å². The van der Waals surface area contributed by atoms with Gasteiger partial charge in [0.05, 0.1) is 36.6 Å². The number of hydrogen-bond acceptors (Lipinski definition) is 6. The predicted molar refractivity (Wildman–Crippen MR) is 112 cm³/mol. The van der Waals surface area contributed by atoms with Gasteiger partial charge in [0.1, 0.15) is 10.8 Å². The molecule has 3 heterocycles. The highest BCUT2D eigenvalue weighted by atomic mass is 32.1. The molecule has 6 nitrogen and oxygen atoms in total. The lowest BCUT2D eigenvalue weighted by atomic mass is 10.1. The van der Waals surface area contributed by atoms with Crippen LogP contribution >= 0.6 is 11.3 Å². The first-order chi connectivity index (χ1) is 13.8. The van der Waals surface area contributed by atoms with Gasteiger partial charge < -0.3 is 19.7 Å². The van der Waals surface area contributed by atoms with Crippen molar-refractivity contribution in [3.05, 3.63) is 59.6 Å². The summed E-state index contributed by atoms with van der Waals surface area (Å²) in [6.07, 6.45) is 1.77. The number of benzene rings is 1. The number of hydrogen-bond donors (Lipinski definition) is 1. The third kappa shape index (κ3) is 3.85. The Hall–Kier alpha value is -2.90. The fourth-order valence-corrected chi connectivity index (χ4v) is 4.25. The van der Waals surface area contributed by atoms with Crippen LogP contribution in [0.15, 0.2) is 54.7 Å². The van der Waals surface area contributed by atoms with Crippen LogP contribution in [0, 0.1) is 0 Å². The van der Waals surface area contributed by atoms with Crippen LogP contribution in [0.4, 0.5) is 10.7 Å². The van der Waals surface area contributed by atoms with Gasteiger partial charge in [0.2, 0.25) is 0 Å². The Bertz CT molecular complexity index is 953. The van der Waals surface area contributed by atoms with Crippen LogP contribution in [-0.4, -0.2) is 44.3 Å². The zero-order chi connectivity index (χ0) is 19.3. The average molecular weight is 395 g/mol. The Labute approximate surface area is 167 Å². The summed E-state index contributed by atoms with van der Waals surface area (Å²) in [5.41, 5.74) is 2.48. The van der Waals surface area contributed by atoms with Crippen LogP contribution in [-0.2, 0) is 4.74 Å². The Kier molecular flexibility index (Phi) is 5.55. The van der Waals surface area contributed by atoms with Gasteiger partial charge in [-0.3, -0.25) is 9.78 Å². The number of ether oxygens (including phenoxy) is 2. The molecule has 0 saturated carbocycles. The lowest BCUT2D eigenvalue weighted by Crippen LogP contribution is -2.35. The molecule has 28 heavy (non-hydrogen) atoms. The van der Waals surface area contributed by atoms with E-state index < -0.39 is 0 Å². The van der Waals surface area contributed by atoms with E-state index in [1.54, 1.807) is 13.3 Å². The highest BCUT2D eigenvalue weighted by Gasteiger charge is 2.23. The van der Waals surface area contributed by atoms with Gasteiger partial charge in [0.25, 0.3) is 5.91 Å². The Morgan fingerprint density at radius 1 is 1.18 bits per heavy atom. The molecular weight excluding hydrogens is 374 g/mol. The van der Waals surface area contributed by atoms with Crippen LogP contribution in [0.2, 0.25) is 0 Å². The van der Waals surface area contributed by atoms with Gasteiger partial charge >= 0.3 is 0 Å². The highest BCUT2D eigenvalue weighted by Crippen LogP contribution is 2.39. The van der Waals surface area contributed by atoms with Crippen LogP contribution in [0.1, 0.15) is 9.67 Å². The summed E-state index contributed by atoms with van der Waals surface area (Å²) < 4.78 is 10.8. The summed E-state index contributed by atoms with van der Waals surface area (Å²) in [5.74, 6) is 0.469. The van der Waals surface area contributed by atoms with E-state index >= 15 is 0 Å². The van der Waals surface area contributed by atoms with E-state index in [-0.39, 0.29) is 5.91 Å². The Balaban J connectivity index is 1.67. The maximum atomic E-state index is 12.9. The van der Waals surface area contributed by atoms with Crippen molar-refractivity contribution in [1.82, 2.24) is 4.98 Å². The van der Waals surface area contributed by atoms with Crippen molar-refractivity contribution in [2.24, 2.45) is 0 Å². The van der Waals surface area contributed by atoms with E-state index in [1.807, 2.05) is 48.5 Å². The van der Waals surface area contributed by atoms with Crippen LogP contribution in [0.3, 0.4) is 0 Å². The number of methoxy groups -OCH3 is 1. The molecule has 1 fully saturated rings. The minimum absolute atomic E-state index is 0.161. The van der Waals surface area contributed by atoms with Gasteiger partial charge in [0.15, 0.2) is 0 Å². The first-order valence-electron chi connectivity index (χ1n) is 9.08. The number of anilines is 2. The molecule has 1 N–H and O–H groups in total. The Morgan fingerprint density at radius 3 is 2.71 bits per heavy atom. The molecular formula is C21H21N3O3S. The zero-order valence-corrected chi connectivity index (χ0v) is 16.4. The normalized spacial score (nSPS) is 14.0. The maximum Gasteiger partial charge on any atom is 0.265 e. The number of nitrogens with zero attached hydrogens (tertiary/aromatic N) is 2. The molecule has 1 aliphatic heterocycles. The van der Waals surface area contributed by atoms with E-state index in [0.29, 0.717) is 29.5 Å². The number of aromatic nitrogens is 1. The number of pyridine rings is 1. The molecule has 1 aromatic carbocycles. The number of amides is 1. The molecule has 2 aromatic heterocycles. The van der Waals surface area contributed by atoms with Gasteiger partial charge in [-0.15, -0.1) is 11.3 Å². The van der Waals surface area contributed by atoms with Crippen molar-refractivity contribution in [2.45, 2.75) is 0 Å². The quantitative estimate of drug-likeness (QED) is 0.710. The summed E-state index contributed by atoms with van der Waals surface area (Å²) in [7, 11) is 1.59. The lowest BCUT2D eigenvalue weighted by molar-refractivity contribution is 0.103. The molecule has 1 aliphatic rings. The monoisotopic (exact) mass is 395 g/mol. The van der Waals surface area contributed by atoms with Crippen molar-refractivity contribution < 1.29 is 14.3 Å². The fourth-order valence-electron chi connectivity index (χ4n) is 3.13. The molecule has 4 rings (SSSR count). The lowest BCUT2D eigenvalue weighted by Gasteiger charge is -2.28. The van der Waals surface area contributed by atoms with Crippen molar-refractivity contribution >= 4 is 27.9 Å². The second-order valence-corrected chi connectivity index (χ2v) is 7.33. The number of carbonyl (C=O) groups is 1. The average Bonchev–Trinajstić information content (AvgIpc) is 3.21. The molecule has 3 aromatic rings. The minimum atomic E-state index is -0.161. The van der Waals surface area contributed by atoms with E-state index in [2.05, 4.69) is 15.2 Å². The van der Waals surface area contributed by atoms with Crippen LogP contribution in [0.25, 0.3) is 11.3 Å². The summed E-state index contributed by atoms with van der Waals surface area (Å²) in [6, 6.07) is 15.1. The van der Waals surface area contributed by atoms with Crippen molar-refractivity contribution in [2.75, 3.05) is 43.6 Å². The summed E-state index contributed by atoms with van der Waals surface area (Å²) >= 11 is 1.48. The van der Waals surface area contributed by atoms with Crippen molar-refractivity contribution in [3.63, 3.8) is 0 Å². The standard InChI is InChI=1S/C21H21N3O3S/c1-26-18-8-3-2-7-17(18)23-20(25)19-14-15(16-6-4-5-9-22-16)21(28-19)24-10-12-27-13-11-24/h2-9,14H,10-13H2,1H3,(H,23,25). The third-order valence-electron chi connectivity index (χ3n) is 4.53. The van der Waals surface area contributed by atoms with E-state index in [9.17, 15) is 4.79 Å². The number of thiophene rings is 1. The number of rotatable bonds is 5. The third-order valence-corrected chi connectivity index (χ3v) is 5.73. The molecule has 0 aliphatic carbocycles. The maximum absolute atomic E-state index is 12.9. The van der Waals surface area contributed by atoms with Crippen molar-refractivity contribution in [1.29, 1.82) is 0 Å². The van der Waals surface area contributed by atoms with E-state index in [1.165, 1.54) is 11.3 Å². The molecule has 0 atom stereocenters. The highest BCUT2D eigenvalue weighted by molar-refractivity contribution is 7.18. The number of morpholine rings is 1. The molecule has 7 heteroatoms. The smallest absolute Gasteiger partial charge is 0.265 e. The largest absolute Gasteiger partial charge is 0.495 e. The first-order valence-corrected chi connectivity index (χ1v) is 9.90. The van der Waals surface area contributed by atoms with Crippen molar-refractivity contribution in [3.8, 4) is 17.0 Å². The van der Waals surface area contributed by atoms with E-state index in [4.69, 9.17) is 9.47 Å². The fraction of sp³-hybridized carbons (Fsp3) is 0.238. The SMILES string of the molecule is COc1ccccc1NC(=O)c1cc(-c2ccccn2)c(N2CCOCC2)s1. The van der Waals surface area contributed by atoms with Gasteiger partial charge in [-0.25, -0.2) is 0 Å². The number of carbonyl (C=O) groups excluding carboxylic acids is 1. The van der Waals surface area contributed by atoms with Gasteiger partial charge in [-0.2, -0.15) is 0 Å². The summed E-state index contributed by atoms with van der Waals surface area (Å²) in [5, 5.41) is 4.00. The van der Waals surface area contributed by atoms with Gasteiger partial charge in [-0.1, -0.05) is 18.2 Å². The second-order valence-electron chi connectivity index (χ2n) is 6.30. The molecule has 0 bridgehead atoms. The first kappa shape index (κ1) is 18.5. The predicted octanol–water partition coefficient (Wildman–Crippen LogP) is 3.91. The molecule has 0 unspecified atom stereocenters. The second kappa shape index (κ2) is 8.41. The number of nitrogens with one attached hydrogen (secondary N) is 1. The molecule has 1 saturated heterocycles. The van der Waals surface area contributed by atoms with Crippen LogP contribution in [0.5, 0.6) is 5.75 Å². The molecule has 0 radical (unpaired) electrons. The topological polar surface area (TPSA) is 63.7 Å². The zero-order valence-electron chi connectivity index (χ0n) is 15.6. The van der Waals surface area contributed by atoms with Gasteiger partial charge in [0, 0.05) is 24.8 Å².